The Morgan fingerprint density at radius 2 is 1.24 bits per heavy atom. The number of pyridine rings is 2. The molecule has 0 N–H and O–H groups in total. The summed E-state index contributed by atoms with van der Waals surface area (Å²) in [4.78, 5) is 54.0. The lowest BCUT2D eigenvalue weighted by Crippen LogP contribution is -2.49. The number of fused-ring (bicyclic) bond motifs is 4. The van der Waals surface area contributed by atoms with Crippen LogP contribution in [-0.4, -0.2) is 118 Å². The van der Waals surface area contributed by atoms with Crippen molar-refractivity contribution in [1.82, 2.24) is 24.6 Å². The second kappa shape index (κ2) is 21.7. The Bertz CT molecular complexity index is 3230. The fourth-order valence-electron chi connectivity index (χ4n) is 11.2. The van der Waals surface area contributed by atoms with Gasteiger partial charge >= 0.3 is 6.09 Å². The number of amides is 3. The van der Waals surface area contributed by atoms with Crippen LogP contribution in [0.3, 0.4) is 0 Å². The number of benzene rings is 4. The van der Waals surface area contributed by atoms with Crippen molar-refractivity contribution < 1.29 is 52.3 Å². The highest BCUT2D eigenvalue weighted by atomic mass is 16.7. The van der Waals surface area contributed by atoms with E-state index in [1.807, 2.05) is 112 Å². The summed E-state index contributed by atoms with van der Waals surface area (Å²) in [6, 6.07) is 30.6. The molecule has 6 aromatic rings. The second-order valence-electron chi connectivity index (χ2n) is 22.9. The summed E-state index contributed by atoms with van der Waals surface area (Å²) in [5, 5.41) is 15.2. The van der Waals surface area contributed by atoms with Gasteiger partial charge in [-0.3, -0.25) is 19.5 Å². The van der Waals surface area contributed by atoms with Crippen LogP contribution >= 0.6 is 0 Å². The number of nitrogens with zero attached hydrogens (tertiary/aromatic N) is 6. The molecule has 3 fully saturated rings. The molecule has 0 spiro atoms. The quantitative estimate of drug-likeness (QED) is 0.0792. The van der Waals surface area contributed by atoms with Gasteiger partial charge in [0.1, 0.15) is 12.1 Å². The first-order valence-corrected chi connectivity index (χ1v) is 27.2. The average Bonchev–Trinajstić information content (AvgIpc) is 4.23. The maximum atomic E-state index is 14.1. The summed E-state index contributed by atoms with van der Waals surface area (Å²) in [5.74, 6) is 0.690. The Balaban J connectivity index is 0.000000177. The van der Waals surface area contributed by atoms with Crippen LogP contribution in [-0.2, 0) is 17.8 Å². The third-order valence-electron chi connectivity index (χ3n) is 15.0. The van der Waals surface area contributed by atoms with Crippen LogP contribution in [0, 0.1) is 5.21 Å². The van der Waals surface area contributed by atoms with Crippen molar-refractivity contribution in [3.8, 4) is 34.5 Å². The molecule has 412 valence electrons. The maximum absolute atomic E-state index is 14.1. The van der Waals surface area contributed by atoms with Gasteiger partial charge in [0.25, 0.3) is 11.8 Å². The summed E-state index contributed by atoms with van der Waals surface area (Å²) < 4.78 is 41.5. The molecule has 1 saturated carbocycles. The fraction of sp³-hybridized carbons (Fsp3) is 0.459. The normalized spacial score (nSPS) is 19.0. The smallest absolute Gasteiger partial charge is 0.410 e. The van der Waals surface area contributed by atoms with Crippen molar-refractivity contribution in [2.24, 2.45) is 0 Å². The van der Waals surface area contributed by atoms with E-state index in [1.165, 1.54) is 26.4 Å². The van der Waals surface area contributed by atoms with E-state index in [9.17, 15) is 19.6 Å². The summed E-state index contributed by atoms with van der Waals surface area (Å²) in [6.45, 7) is 15.8. The van der Waals surface area contributed by atoms with E-state index in [0.29, 0.717) is 82.5 Å². The van der Waals surface area contributed by atoms with E-state index >= 15 is 0 Å². The molecule has 17 heteroatoms. The monoisotopic (exact) mass is 1060 g/mol. The van der Waals surface area contributed by atoms with Crippen molar-refractivity contribution in [3.05, 3.63) is 125 Å². The van der Waals surface area contributed by atoms with Crippen LogP contribution < -0.4 is 33.2 Å². The van der Waals surface area contributed by atoms with Gasteiger partial charge in [-0.15, -0.1) is 0 Å². The minimum atomic E-state index is -0.871. The number of hydrogen-bond acceptors (Lipinski definition) is 13. The molecule has 0 unspecified atom stereocenters. The van der Waals surface area contributed by atoms with E-state index in [0.717, 1.165) is 58.9 Å². The second-order valence-corrected chi connectivity index (χ2v) is 22.9. The molecule has 2 atom stereocenters. The predicted octanol–water partition coefficient (Wildman–Crippen LogP) is 10.4. The van der Waals surface area contributed by atoms with Crippen molar-refractivity contribution in [2.45, 2.75) is 142 Å². The number of methoxy groups -OCH3 is 2. The number of rotatable bonds is 13. The van der Waals surface area contributed by atoms with Gasteiger partial charge in [-0.05, 0) is 114 Å². The molecule has 78 heavy (non-hydrogen) atoms. The van der Waals surface area contributed by atoms with Crippen molar-refractivity contribution in [1.29, 1.82) is 0 Å². The van der Waals surface area contributed by atoms with Crippen LogP contribution in [0.4, 0.5) is 4.79 Å². The summed E-state index contributed by atoms with van der Waals surface area (Å²) >= 11 is 0. The molecule has 0 bridgehead atoms. The molecule has 1 aliphatic carbocycles. The van der Waals surface area contributed by atoms with Gasteiger partial charge in [-0.25, -0.2) is 4.79 Å². The first-order chi connectivity index (χ1) is 37.2. The first-order valence-electron chi connectivity index (χ1n) is 27.2. The van der Waals surface area contributed by atoms with E-state index < -0.39 is 17.2 Å². The van der Waals surface area contributed by atoms with Crippen molar-refractivity contribution >= 4 is 39.7 Å². The predicted molar refractivity (Wildman–Crippen MR) is 294 cm³/mol. The Labute approximate surface area is 456 Å². The Hall–Kier alpha value is -7.53. The number of likely N-dealkylation sites (tertiary alicyclic amines) is 2. The standard InChI is InChI=1S/C31H37N3O6.C30H35N3O5/c1-30(2,3)40-29(36)34-15-9-11-23(34)19-33(18-22-14-13-20-10-7-8-12-24(20)32-22)28(35)21-16-25(37-6)27-26(17-21)38-31(4,5)39-27;1-30(2)37-27-17-21(16-26(36-3)28(27)38-30)29(34)31(18-23-11-7-15-32(23)22-9-6-10-22)19-24-14-13-20-8-4-5-12-25(20)33(24)35/h7-8,10,12-14,16-17,23H,9,11,15,18-19H2,1-6H3;4-5,8,12-14,16-17,22-23H,6-7,9-11,15,18-19H2,1-3H3/t2*23-/m00/s1. The molecular formula is C61H72N6O11. The summed E-state index contributed by atoms with van der Waals surface area (Å²) in [6.07, 6.45) is 7.16. The topological polar surface area (TPSA) is 169 Å². The Kier molecular flexibility index (Phi) is 15.0. The molecule has 2 saturated heterocycles. The number of carbonyl (C=O) groups excluding carboxylic acids is 3. The van der Waals surface area contributed by atoms with E-state index in [4.69, 9.17) is 38.1 Å². The van der Waals surface area contributed by atoms with Crippen LogP contribution in [0.2, 0.25) is 0 Å². The number of ether oxygens (including phenoxy) is 7. The van der Waals surface area contributed by atoms with E-state index in [2.05, 4.69) is 4.90 Å². The van der Waals surface area contributed by atoms with Crippen LogP contribution in [0.5, 0.6) is 34.5 Å². The fourth-order valence-corrected chi connectivity index (χ4v) is 11.2. The van der Waals surface area contributed by atoms with Crippen molar-refractivity contribution in [3.63, 3.8) is 0 Å². The highest BCUT2D eigenvalue weighted by molar-refractivity contribution is 5.96. The number of aromatic nitrogens is 2. The zero-order valence-electron chi connectivity index (χ0n) is 46.3. The summed E-state index contributed by atoms with van der Waals surface area (Å²) in [7, 11) is 3.09. The van der Waals surface area contributed by atoms with Crippen LogP contribution in [0.25, 0.3) is 21.8 Å². The molecule has 2 aromatic heterocycles. The summed E-state index contributed by atoms with van der Waals surface area (Å²) in [5.41, 5.74) is 3.00. The van der Waals surface area contributed by atoms with Gasteiger partial charge in [0.15, 0.2) is 23.0 Å². The molecular weight excluding hydrogens is 993 g/mol. The molecule has 3 amide bonds. The van der Waals surface area contributed by atoms with E-state index in [1.54, 1.807) is 55.0 Å². The van der Waals surface area contributed by atoms with Gasteiger partial charge in [0, 0.05) is 93.4 Å². The van der Waals surface area contributed by atoms with Crippen LogP contribution in [0.15, 0.2) is 97.1 Å². The van der Waals surface area contributed by atoms with Gasteiger partial charge < -0.3 is 53.1 Å². The van der Waals surface area contributed by atoms with Gasteiger partial charge in [0.05, 0.1) is 38.0 Å². The third-order valence-corrected chi connectivity index (χ3v) is 15.0. The maximum Gasteiger partial charge on any atom is 0.410 e. The minimum Gasteiger partial charge on any atom is -0.618 e. The first kappa shape index (κ1) is 53.9. The molecule has 4 aliphatic heterocycles. The van der Waals surface area contributed by atoms with Gasteiger partial charge in [-0.2, -0.15) is 4.73 Å². The lowest BCUT2D eigenvalue weighted by atomic mass is 9.91. The SMILES string of the molecule is COc1cc(C(=O)N(Cc2ccc3ccccc3[n+]2[O-])C[C@@H]2CCCN2C2CCC2)cc2c1OC(C)(C)O2.COc1cc(C(=O)N(Cc2ccc3ccccc3n2)C[C@@H]2CCCN2C(=O)OC(C)(C)C)cc2c1OC(C)(C)O2. The lowest BCUT2D eigenvalue weighted by Gasteiger charge is -2.40. The largest absolute Gasteiger partial charge is 0.618 e. The van der Waals surface area contributed by atoms with E-state index in [-0.39, 0.29) is 43.1 Å². The highest BCUT2D eigenvalue weighted by Gasteiger charge is 2.40. The Morgan fingerprint density at radius 3 is 1.86 bits per heavy atom. The molecule has 6 heterocycles. The zero-order valence-corrected chi connectivity index (χ0v) is 46.3. The molecule has 5 aliphatic rings. The molecule has 17 nitrogen and oxygen atoms in total. The highest BCUT2D eigenvalue weighted by Crippen LogP contribution is 2.48. The molecule has 11 rings (SSSR count). The Morgan fingerprint density at radius 1 is 0.679 bits per heavy atom. The third kappa shape index (κ3) is 11.7. The molecule has 0 radical (unpaired) electrons. The van der Waals surface area contributed by atoms with Crippen molar-refractivity contribution in [2.75, 3.05) is 40.4 Å². The number of carbonyl (C=O) groups is 3. The number of hydrogen-bond donors (Lipinski definition) is 0. The van der Waals surface area contributed by atoms with Crippen LogP contribution in [0.1, 0.15) is 126 Å². The van der Waals surface area contributed by atoms with Gasteiger partial charge in [0.2, 0.25) is 34.3 Å². The average molecular weight is 1070 g/mol. The number of para-hydroxylation sites is 2. The zero-order chi connectivity index (χ0) is 55.1. The molecule has 4 aromatic carbocycles. The van der Waals surface area contributed by atoms with Gasteiger partial charge in [-0.1, -0.05) is 42.8 Å². The minimum absolute atomic E-state index is 0.159. The lowest BCUT2D eigenvalue weighted by molar-refractivity contribution is -0.587.